The number of amides is 1. The fourth-order valence-corrected chi connectivity index (χ4v) is 3.03. The lowest BCUT2D eigenvalue weighted by atomic mass is 9.78. The van der Waals surface area contributed by atoms with Crippen LogP contribution >= 0.6 is 0 Å². The predicted octanol–water partition coefficient (Wildman–Crippen LogP) is 1.72. The Bertz CT molecular complexity index is 524. The first-order valence-corrected chi connectivity index (χ1v) is 7.56. The maximum absolute atomic E-state index is 12.3. The highest BCUT2D eigenvalue weighted by atomic mass is 16.4. The molecule has 2 atom stereocenters. The summed E-state index contributed by atoms with van der Waals surface area (Å²) >= 11 is 0. The van der Waals surface area contributed by atoms with E-state index < -0.39 is 17.8 Å². The van der Waals surface area contributed by atoms with Crippen LogP contribution in [0.2, 0.25) is 0 Å². The maximum Gasteiger partial charge on any atom is 0.307 e. The smallest absolute Gasteiger partial charge is 0.307 e. The number of nitrogens with one attached hydrogen (secondary N) is 1. The molecular formula is C15H23N3O3. The SMILES string of the molecule is CCn1ncc(CNC(=O)C2CCCCC2C(=O)O)c1C. The lowest BCUT2D eigenvalue weighted by molar-refractivity contribution is -0.148. The van der Waals surface area contributed by atoms with E-state index in [-0.39, 0.29) is 5.91 Å². The van der Waals surface area contributed by atoms with E-state index in [1.165, 1.54) is 0 Å². The van der Waals surface area contributed by atoms with Crippen molar-refractivity contribution in [2.45, 2.75) is 52.6 Å². The summed E-state index contributed by atoms with van der Waals surface area (Å²) < 4.78 is 1.88. The molecule has 1 fully saturated rings. The van der Waals surface area contributed by atoms with Crippen molar-refractivity contribution < 1.29 is 14.7 Å². The van der Waals surface area contributed by atoms with E-state index in [1.54, 1.807) is 6.20 Å². The van der Waals surface area contributed by atoms with Gasteiger partial charge in [0.2, 0.25) is 5.91 Å². The first kappa shape index (κ1) is 15.5. The van der Waals surface area contributed by atoms with Gasteiger partial charge in [0.15, 0.2) is 0 Å². The summed E-state index contributed by atoms with van der Waals surface area (Å²) in [7, 11) is 0. The van der Waals surface area contributed by atoms with Gasteiger partial charge in [-0.2, -0.15) is 5.10 Å². The Balaban J connectivity index is 1.97. The van der Waals surface area contributed by atoms with Crippen molar-refractivity contribution >= 4 is 11.9 Å². The van der Waals surface area contributed by atoms with Crippen LogP contribution < -0.4 is 5.32 Å². The van der Waals surface area contributed by atoms with Gasteiger partial charge in [-0.15, -0.1) is 0 Å². The molecule has 1 amide bonds. The van der Waals surface area contributed by atoms with Crippen LogP contribution in [0.1, 0.15) is 43.9 Å². The molecule has 0 aromatic carbocycles. The zero-order valence-corrected chi connectivity index (χ0v) is 12.6. The standard InChI is InChI=1S/C15H23N3O3/c1-3-18-10(2)11(9-17-18)8-16-14(19)12-6-4-5-7-13(12)15(20)21/h9,12-13H,3-8H2,1-2H3,(H,16,19)(H,20,21). The Morgan fingerprint density at radius 1 is 1.38 bits per heavy atom. The largest absolute Gasteiger partial charge is 0.481 e. The highest BCUT2D eigenvalue weighted by molar-refractivity contribution is 5.84. The fourth-order valence-electron chi connectivity index (χ4n) is 3.03. The van der Waals surface area contributed by atoms with Gasteiger partial charge in [-0.05, 0) is 26.7 Å². The number of carbonyl (C=O) groups is 2. The fraction of sp³-hybridized carbons (Fsp3) is 0.667. The summed E-state index contributed by atoms with van der Waals surface area (Å²) in [6, 6.07) is 0. The Labute approximate surface area is 124 Å². The van der Waals surface area contributed by atoms with Crippen LogP contribution in [-0.4, -0.2) is 26.8 Å². The number of hydrogen-bond donors (Lipinski definition) is 2. The zero-order chi connectivity index (χ0) is 15.4. The molecule has 2 N–H and O–H groups in total. The lowest BCUT2D eigenvalue weighted by Gasteiger charge is -2.27. The Morgan fingerprint density at radius 3 is 2.62 bits per heavy atom. The van der Waals surface area contributed by atoms with Gasteiger partial charge in [0.1, 0.15) is 0 Å². The molecule has 0 saturated heterocycles. The van der Waals surface area contributed by atoms with Crippen LogP contribution in [0.3, 0.4) is 0 Å². The Hall–Kier alpha value is -1.85. The molecular weight excluding hydrogens is 270 g/mol. The number of carboxylic acids is 1. The van der Waals surface area contributed by atoms with Crippen molar-refractivity contribution in [3.05, 3.63) is 17.5 Å². The molecule has 0 bridgehead atoms. The molecule has 6 heteroatoms. The molecule has 1 aromatic heterocycles. The molecule has 2 unspecified atom stereocenters. The first-order chi connectivity index (χ1) is 10.0. The van der Waals surface area contributed by atoms with Crippen molar-refractivity contribution in [1.29, 1.82) is 0 Å². The monoisotopic (exact) mass is 293 g/mol. The molecule has 0 spiro atoms. The number of aryl methyl sites for hydroxylation is 1. The molecule has 1 heterocycles. The van der Waals surface area contributed by atoms with Gasteiger partial charge in [0.05, 0.1) is 18.0 Å². The van der Waals surface area contributed by atoms with Crippen molar-refractivity contribution in [1.82, 2.24) is 15.1 Å². The number of carboxylic acid groups (broad SMARTS) is 1. The van der Waals surface area contributed by atoms with Gasteiger partial charge in [-0.1, -0.05) is 12.8 Å². The van der Waals surface area contributed by atoms with E-state index in [9.17, 15) is 14.7 Å². The molecule has 6 nitrogen and oxygen atoms in total. The average Bonchev–Trinajstić information content (AvgIpc) is 2.85. The number of carbonyl (C=O) groups excluding carboxylic acids is 1. The lowest BCUT2D eigenvalue weighted by Crippen LogP contribution is -2.39. The molecule has 2 rings (SSSR count). The molecule has 21 heavy (non-hydrogen) atoms. The van der Waals surface area contributed by atoms with Crippen LogP contribution in [0.5, 0.6) is 0 Å². The second-order valence-electron chi connectivity index (χ2n) is 5.62. The van der Waals surface area contributed by atoms with Crippen LogP contribution in [0.15, 0.2) is 6.20 Å². The third-order valence-corrected chi connectivity index (χ3v) is 4.38. The number of rotatable bonds is 5. The summed E-state index contributed by atoms with van der Waals surface area (Å²) in [5, 5.41) is 16.3. The number of aromatic nitrogens is 2. The van der Waals surface area contributed by atoms with Crippen molar-refractivity contribution in [3.8, 4) is 0 Å². The van der Waals surface area contributed by atoms with E-state index in [4.69, 9.17) is 0 Å². The Kier molecular flexibility index (Phi) is 4.98. The summed E-state index contributed by atoms with van der Waals surface area (Å²) in [6.07, 6.45) is 4.84. The van der Waals surface area contributed by atoms with Crippen molar-refractivity contribution in [3.63, 3.8) is 0 Å². The molecule has 116 valence electrons. The van der Waals surface area contributed by atoms with Crippen LogP contribution in [0, 0.1) is 18.8 Å². The van der Waals surface area contributed by atoms with Gasteiger partial charge in [0, 0.05) is 24.3 Å². The van der Waals surface area contributed by atoms with E-state index in [1.807, 2.05) is 18.5 Å². The van der Waals surface area contributed by atoms with E-state index in [2.05, 4.69) is 10.4 Å². The van der Waals surface area contributed by atoms with Gasteiger partial charge in [-0.25, -0.2) is 0 Å². The summed E-state index contributed by atoms with van der Waals surface area (Å²) in [5.74, 6) is -1.95. The van der Waals surface area contributed by atoms with Gasteiger partial charge in [-0.3, -0.25) is 14.3 Å². The zero-order valence-electron chi connectivity index (χ0n) is 12.6. The molecule has 0 aliphatic heterocycles. The number of aliphatic carboxylic acids is 1. The van der Waals surface area contributed by atoms with Crippen LogP contribution in [0.4, 0.5) is 0 Å². The van der Waals surface area contributed by atoms with E-state index in [0.29, 0.717) is 19.4 Å². The minimum Gasteiger partial charge on any atom is -0.481 e. The minimum absolute atomic E-state index is 0.147. The van der Waals surface area contributed by atoms with Crippen LogP contribution in [-0.2, 0) is 22.7 Å². The second kappa shape index (κ2) is 6.74. The molecule has 1 aliphatic rings. The van der Waals surface area contributed by atoms with Gasteiger partial charge < -0.3 is 10.4 Å². The third kappa shape index (κ3) is 3.43. The molecule has 1 aromatic rings. The van der Waals surface area contributed by atoms with Gasteiger partial charge >= 0.3 is 5.97 Å². The van der Waals surface area contributed by atoms with E-state index >= 15 is 0 Å². The number of nitrogens with zero attached hydrogens (tertiary/aromatic N) is 2. The molecule has 1 saturated carbocycles. The molecule has 0 radical (unpaired) electrons. The predicted molar refractivity (Wildman–Crippen MR) is 77.6 cm³/mol. The van der Waals surface area contributed by atoms with Crippen LogP contribution in [0.25, 0.3) is 0 Å². The second-order valence-corrected chi connectivity index (χ2v) is 5.62. The quantitative estimate of drug-likeness (QED) is 0.865. The Morgan fingerprint density at radius 2 is 2.05 bits per heavy atom. The topological polar surface area (TPSA) is 84.2 Å². The molecule has 1 aliphatic carbocycles. The number of hydrogen-bond acceptors (Lipinski definition) is 3. The van der Waals surface area contributed by atoms with Crippen molar-refractivity contribution in [2.24, 2.45) is 11.8 Å². The normalized spacial score (nSPS) is 22.0. The summed E-state index contributed by atoms with van der Waals surface area (Å²) in [5.41, 5.74) is 2.02. The average molecular weight is 293 g/mol. The minimum atomic E-state index is -0.857. The van der Waals surface area contributed by atoms with Crippen molar-refractivity contribution in [2.75, 3.05) is 0 Å². The van der Waals surface area contributed by atoms with E-state index in [0.717, 1.165) is 30.6 Å². The van der Waals surface area contributed by atoms with Gasteiger partial charge in [0.25, 0.3) is 0 Å². The first-order valence-electron chi connectivity index (χ1n) is 7.56. The summed E-state index contributed by atoms with van der Waals surface area (Å²) in [4.78, 5) is 23.5. The highest BCUT2D eigenvalue weighted by Crippen LogP contribution is 2.30. The third-order valence-electron chi connectivity index (χ3n) is 4.38. The summed E-state index contributed by atoms with van der Waals surface area (Å²) in [6.45, 7) is 5.19. The highest BCUT2D eigenvalue weighted by Gasteiger charge is 2.35. The maximum atomic E-state index is 12.3.